The van der Waals surface area contributed by atoms with E-state index in [4.69, 9.17) is 4.74 Å². The highest BCUT2D eigenvalue weighted by molar-refractivity contribution is 14.1. The van der Waals surface area contributed by atoms with Crippen molar-refractivity contribution in [1.82, 2.24) is 0 Å². The smallest absolute Gasteiger partial charge is 0.432 e. The van der Waals surface area contributed by atoms with Crippen LogP contribution in [-0.2, 0) is 6.11 Å². The predicted molar refractivity (Wildman–Crippen MR) is 177 cm³/mol. The summed E-state index contributed by atoms with van der Waals surface area (Å²) in [5.74, 6) is -9.45. The van der Waals surface area contributed by atoms with E-state index in [0.29, 0.717) is 27.8 Å². The molecule has 0 spiro atoms. The molecule has 0 bridgehead atoms. The second-order valence-electron chi connectivity index (χ2n) is 11.0. The summed E-state index contributed by atoms with van der Waals surface area (Å²) in [6.07, 6.45) is -4.85. The van der Waals surface area contributed by atoms with Crippen LogP contribution in [0.1, 0.15) is 16.7 Å². The number of hydrogen-bond donors (Lipinski definition) is 0. The second kappa shape index (κ2) is 14.0. The molecule has 0 amide bonds. The van der Waals surface area contributed by atoms with Crippen molar-refractivity contribution in [2.45, 2.75) is 6.11 Å². The van der Waals surface area contributed by atoms with Gasteiger partial charge in [-0.3, -0.25) is 0 Å². The Hall–Kier alpha value is -5.30. The maximum absolute atomic E-state index is 15.3. The van der Waals surface area contributed by atoms with Gasteiger partial charge in [0.15, 0.2) is 17.5 Å². The van der Waals surface area contributed by atoms with Gasteiger partial charge in [-0.2, -0.15) is 8.78 Å². The number of hydrogen-bond acceptors (Lipinski definition) is 2. The Morgan fingerprint density at radius 3 is 1.87 bits per heavy atom. The number of ether oxygens (including phenoxy) is 2. The zero-order valence-corrected chi connectivity index (χ0v) is 28.0. The van der Waals surface area contributed by atoms with Crippen LogP contribution >= 0.6 is 22.6 Å². The SMILES string of the molecule is COc1cc(I)cc(F)c1C#Cc1ccc(-c2ccc(-c3cc(F)c(C(F)(F)Oc4cc(F)c5c(F)c(F)c(F)cc5c4)c(F)c3)c(F)c2)c(F)c1. The molecule has 52 heavy (non-hydrogen) atoms. The summed E-state index contributed by atoms with van der Waals surface area (Å²) in [4.78, 5) is 0. The highest BCUT2D eigenvalue weighted by Crippen LogP contribution is 2.40. The standard InChI is InChI=1S/C38H16F11IO2/c1-51-33-15-21(50)14-28(41)25(33)6-3-17-2-5-23(26(39)8-17)18-4-7-24(27(40)10-18)19-11-30(43)35(31(44)12-19)38(48,49)52-22-9-20-13-32(45)36(46)37(47)34(20)29(42)16-22/h2,4-5,7-16H,1H3. The Labute approximate surface area is 300 Å². The third kappa shape index (κ3) is 6.97. The van der Waals surface area contributed by atoms with Crippen LogP contribution in [0.4, 0.5) is 48.3 Å². The number of methoxy groups -OCH3 is 1. The Balaban J connectivity index is 1.26. The fraction of sp³-hybridized carbons (Fsp3) is 0.0526. The van der Waals surface area contributed by atoms with Crippen molar-refractivity contribution in [2.75, 3.05) is 7.11 Å². The second-order valence-corrected chi connectivity index (χ2v) is 12.3. The molecule has 6 rings (SSSR count). The molecule has 0 atom stereocenters. The molecule has 14 heteroatoms. The minimum absolute atomic E-state index is 0.00813. The zero-order valence-electron chi connectivity index (χ0n) is 25.9. The fourth-order valence-corrected chi connectivity index (χ4v) is 5.89. The third-order valence-electron chi connectivity index (χ3n) is 7.71. The molecule has 0 saturated carbocycles. The monoisotopic (exact) mass is 840 g/mol. The van der Waals surface area contributed by atoms with E-state index in [1.54, 1.807) is 6.07 Å². The molecule has 6 aromatic rings. The van der Waals surface area contributed by atoms with Crippen LogP contribution in [0.15, 0.2) is 78.9 Å². The molecule has 264 valence electrons. The summed E-state index contributed by atoms with van der Waals surface area (Å²) in [6, 6.07) is 11.3. The van der Waals surface area contributed by atoms with Gasteiger partial charge in [-0.1, -0.05) is 30.0 Å². The van der Waals surface area contributed by atoms with E-state index < -0.39 is 91.7 Å². The molecule has 0 unspecified atom stereocenters. The van der Waals surface area contributed by atoms with Crippen molar-refractivity contribution in [3.05, 3.63) is 151 Å². The summed E-state index contributed by atoms with van der Waals surface area (Å²) < 4.78 is 171. The molecule has 0 aliphatic heterocycles. The quantitative estimate of drug-likeness (QED) is 0.0720. The average molecular weight is 840 g/mol. The number of fused-ring (bicyclic) bond motifs is 1. The first-order chi connectivity index (χ1) is 24.6. The molecule has 0 heterocycles. The van der Waals surface area contributed by atoms with E-state index in [-0.39, 0.29) is 34.1 Å². The van der Waals surface area contributed by atoms with Crippen molar-refractivity contribution in [1.29, 1.82) is 0 Å². The molecule has 2 nitrogen and oxygen atoms in total. The van der Waals surface area contributed by atoms with E-state index in [1.165, 1.54) is 31.4 Å². The number of benzene rings is 6. The van der Waals surface area contributed by atoms with Crippen molar-refractivity contribution < 1.29 is 57.8 Å². The predicted octanol–water partition coefficient (Wildman–Crippen LogP) is 11.6. The summed E-state index contributed by atoms with van der Waals surface area (Å²) in [5.41, 5.74) is -2.95. The van der Waals surface area contributed by atoms with Crippen molar-refractivity contribution in [3.63, 3.8) is 0 Å². The third-order valence-corrected chi connectivity index (χ3v) is 8.33. The molecule has 6 aromatic carbocycles. The molecule has 0 fully saturated rings. The van der Waals surface area contributed by atoms with Gasteiger partial charge in [-0.15, -0.1) is 0 Å². The molecule has 0 aliphatic carbocycles. The van der Waals surface area contributed by atoms with Gasteiger partial charge in [-0.05, 0) is 93.7 Å². The van der Waals surface area contributed by atoms with E-state index in [1.807, 2.05) is 22.6 Å². The van der Waals surface area contributed by atoms with Crippen molar-refractivity contribution in [3.8, 4) is 45.6 Å². The van der Waals surface area contributed by atoms with Crippen LogP contribution in [0, 0.1) is 67.8 Å². The largest absolute Gasteiger partial charge is 0.495 e. The first kappa shape index (κ1) is 36.5. The lowest BCUT2D eigenvalue weighted by Gasteiger charge is -2.20. The van der Waals surface area contributed by atoms with E-state index in [2.05, 4.69) is 16.6 Å². The summed E-state index contributed by atoms with van der Waals surface area (Å²) in [6.45, 7) is 0. The molecule has 0 aliphatic rings. The van der Waals surface area contributed by atoms with Gasteiger partial charge in [0.2, 0.25) is 0 Å². The maximum Gasteiger partial charge on any atom is 0.432 e. The van der Waals surface area contributed by atoms with E-state index in [9.17, 15) is 22.0 Å². The van der Waals surface area contributed by atoms with Crippen molar-refractivity contribution >= 4 is 33.4 Å². The van der Waals surface area contributed by atoms with Gasteiger partial charge in [0.1, 0.15) is 57.5 Å². The lowest BCUT2D eigenvalue weighted by atomic mass is 9.97. The molecule has 0 radical (unpaired) electrons. The molecule has 0 aromatic heterocycles. The first-order valence-electron chi connectivity index (χ1n) is 14.6. The van der Waals surface area contributed by atoms with Crippen LogP contribution in [-0.4, -0.2) is 7.11 Å². The van der Waals surface area contributed by atoms with E-state index in [0.717, 1.165) is 18.2 Å². The Morgan fingerprint density at radius 1 is 0.577 bits per heavy atom. The summed E-state index contributed by atoms with van der Waals surface area (Å²) >= 11 is 1.90. The number of halogens is 12. The van der Waals surface area contributed by atoms with E-state index >= 15 is 26.3 Å². The maximum atomic E-state index is 15.3. The highest BCUT2D eigenvalue weighted by atomic mass is 127. The highest BCUT2D eigenvalue weighted by Gasteiger charge is 2.41. The van der Waals surface area contributed by atoms with Gasteiger partial charge >= 0.3 is 6.11 Å². The van der Waals surface area contributed by atoms with Gasteiger partial charge in [0, 0.05) is 26.3 Å². The van der Waals surface area contributed by atoms with Crippen molar-refractivity contribution in [2.24, 2.45) is 0 Å². The molecular formula is C38H16F11IO2. The lowest BCUT2D eigenvalue weighted by molar-refractivity contribution is -0.189. The van der Waals surface area contributed by atoms with Gasteiger partial charge in [-0.25, -0.2) is 39.5 Å². The van der Waals surface area contributed by atoms with Gasteiger partial charge in [0.25, 0.3) is 0 Å². The molecule has 0 saturated heterocycles. The summed E-state index contributed by atoms with van der Waals surface area (Å²) in [7, 11) is 1.34. The zero-order chi connectivity index (χ0) is 37.6. The number of alkyl halides is 2. The average Bonchev–Trinajstić information content (AvgIpc) is 3.05. The fourth-order valence-electron chi connectivity index (χ4n) is 5.34. The first-order valence-corrected chi connectivity index (χ1v) is 15.6. The van der Waals surface area contributed by atoms with Gasteiger partial charge in [0.05, 0.1) is 12.5 Å². The number of rotatable bonds is 6. The Morgan fingerprint density at radius 2 is 1.21 bits per heavy atom. The Kier molecular flexibility index (Phi) is 9.84. The topological polar surface area (TPSA) is 18.5 Å². The normalized spacial score (nSPS) is 11.4. The minimum atomic E-state index is -4.85. The van der Waals surface area contributed by atoms with Crippen LogP contribution in [0.3, 0.4) is 0 Å². The van der Waals surface area contributed by atoms with Gasteiger partial charge < -0.3 is 9.47 Å². The molecule has 0 N–H and O–H groups in total. The minimum Gasteiger partial charge on any atom is -0.495 e. The van der Waals surface area contributed by atoms with Crippen LogP contribution in [0.25, 0.3) is 33.0 Å². The van der Waals surface area contributed by atoms with Crippen LogP contribution < -0.4 is 9.47 Å². The van der Waals surface area contributed by atoms with Crippen LogP contribution in [0.2, 0.25) is 0 Å². The lowest BCUT2D eigenvalue weighted by Crippen LogP contribution is -2.25. The molecular weight excluding hydrogens is 824 g/mol. The van der Waals surface area contributed by atoms with Crippen LogP contribution in [0.5, 0.6) is 11.5 Å². The summed E-state index contributed by atoms with van der Waals surface area (Å²) in [5, 5.41) is -1.80. The Bertz CT molecular complexity index is 2470.